The lowest BCUT2D eigenvalue weighted by atomic mass is 9.87. The smallest absolute Gasteiger partial charge is 0.425 e. The molecule has 2 atom stereocenters. The number of carbonyl (C=O) groups excluding carboxylic acids is 1. The van der Waals surface area contributed by atoms with Crippen LogP contribution >= 0.6 is 0 Å². The van der Waals surface area contributed by atoms with E-state index < -0.39 is 41.3 Å². The van der Waals surface area contributed by atoms with Crippen molar-refractivity contribution in [2.24, 2.45) is 5.41 Å². The summed E-state index contributed by atoms with van der Waals surface area (Å²) in [6.45, 7) is 6.40. The van der Waals surface area contributed by atoms with Gasteiger partial charge in [0.15, 0.2) is 0 Å². The van der Waals surface area contributed by atoms with Crippen LogP contribution in [0.1, 0.15) is 38.7 Å². The van der Waals surface area contributed by atoms with Gasteiger partial charge in [-0.25, -0.2) is 0 Å². The first kappa shape index (κ1) is 19.0. The second-order valence-electron chi connectivity index (χ2n) is 6.44. The van der Waals surface area contributed by atoms with Gasteiger partial charge in [0.2, 0.25) is 11.5 Å². The largest absolute Gasteiger partial charge is 0.463 e. The summed E-state index contributed by atoms with van der Waals surface area (Å²) in [5.41, 5.74) is -4.12. The van der Waals surface area contributed by atoms with Crippen molar-refractivity contribution in [2.45, 2.75) is 51.9 Å². The number of aliphatic hydroxyl groups is 1. The summed E-state index contributed by atoms with van der Waals surface area (Å²) >= 11 is 0. The second-order valence-corrected chi connectivity index (χ2v) is 6.44. The molecule has 1 rings (SSSR count). The highest BCUT2D eigenvalue weighted by atomic mass is 19.4. The van der Waals surface area contributed by atoms with Crippen LogP contribution < -0.4 is 5.32 Å². The molecular formula is C15H19F3N2O3. The number of rotatable bonds is 4. The third-order valence-corrected chi connectivity index (χ3v) is 3.33. The van der Waals surface area contributed by atoms with Gasteiger partial charge in [0, 0.05) is 0 Å². The average Bonchev–Trinajstić information content (AvgIpc) is 2.80. The number of nitriles is 1. The van der Waals surface area contributed by atoms with E-state index in [0.29, 0.717) is 0 Å². The van der Waals surface area contributed by atoms with Gasteiger partial charge in [-0.05, 0) is 24.5 Å². The van der Waals surface area contributed by atoms with Crippen LogP contribution in [0.4, 0.5) is 13.2 Å². The van der Waals surface area contributed by atoms with Crippen molar-refractivity contribution in [3.63, 3.8) is 0 Å². The molecule has 0 fully saturated rings. The minimum atomic E-state index is -5.11. The molecule has 0 spiro atoms. The molecule has 1 amide bonds. The van der Waals surface area contributed by atoms with E-state index in [9.17, 15) is 23.1 Å². The molecule has 0 saturated heterocycles. The fraction of sp³-hybridized carbons (Fsp3) is 0.600. The number of nitrogens with zero attached hydrogens (tertiary/aromatic N) is 1. The van der Waals surface area contributed by atoms with Crippen LogP contribution in [0.3, 0.4) is 0 Å². The summed E-state index contributed by atoms with van der Waals surface area (Å²) in [4.78, 5) is 11.9. The first-order valence-corrected chi connectivity index (χ1v) is 6.86. The van der Waals surface area contributed by atoms with E-state index in [0.717, 1.165) is 6.07 Å². The van der Waals surface area contributed by atoms with Crippen molar-refractivity contribution in [1.29, 1.82) is 5.26 Å². The molecule has 2 unspecified atom stereocenters. The summed E-state index contributed by atoms with van der Waals surface area (Å²) in [6.07, 6.45) is -6.41. The SMILES string of the molecule is Cc1ccc(C(O)(CC(=O)NC(C#N)C(C)(C)C)C(F)(F)F)o1. The summed E-state index contributed by atoms with van der Waals surface area (Å²) in [5.74, 6) is -1.69. The Kier molecular flexibility index (Phi) is 5.16. The fourth-order valence-electron chi connectivity index (χ4n) is 1.87. The molecule has 0 radical (unpaired) electrons. The van der Waals surface area contributed by atoms with E-state index >= 15 is 0 Å². The molecular weight excluding hydrogens is 313 g/mol. The molecule has 1 aromatic rings. The maximum Gasteiger partial charge on any atom is 0.425 e. The van der Waals surface area contributed by atoms with Crippen LogP contribution in [0.5, 0.6) is 0 Å². The van der Waals surface area contributed by atoms with Gasteiger partial charge in [0.05, 0.1) is 12.5 Å². The zero-order valence-corrected chi connectivity index (χ0v) is 13.3. The highest BCUT2D eigenvalue weighted by Gasteiger charge is 2.58. The number of aryl methyl sites for hydroxylation is 1. The Labute approximate surface area is 132 Å². The van der Waals surface area contributed by atoms with Gasteiger partial charge in [0.25, 0.3) is 0 Å². The average molecular weight is 332 g/mol. The maximum absolute atomic E-state index is 13.3. The van der Waals surface area contributed by atoms with Gasteiger partial charge in [-0.15, -0.1) is 0 Å². The molecule has 2 N–H and O–H groups in total. The Morgan fingerprint density at radius 3 is 2.30 bits per heavy atom. The topological polar surface area (TPSA) is 86.3 Å². The van der Waals surface area contributed by atoms with Crippen LogP contribution in [-0.2, 0) is 10.4 Å². The predicted octanol–water partition coefficient (Wildman–Crippen LogP) is 2.78. The Morgan fingerprint density at radius 2 is 1.96 bits per heavy atom. The fourth-order valence-corrected chi connectivity index (χ4v) is 1.87. The molecule has 128 valence electrons. The Hall–Kier alpha value is -2.01. The third kappa shape index (κ3) is 4.26. The Morgan fingerprint density at radius 1 is 1.39 bits per heavy atom. The van der Waals surface area contributed by atoms with Crippen molar-refractivity contribution < 1.29 is 27.5 Å². The maximum atomic E-state index is 13.3. The quantitative estimate of drug-likeness (QED) is 0.888. The Balaban J connectivity index is 3.05. The van der Waals surface area contributed by atoms with E-state index in [1.54, 1.807) is 20.8 Å². The predicted molar refractivity (Wildman–Crippen MR) is 75.0 cm³/mol. The molecule has 0 aliphatic heterocycles. The van der Waals surface area contributed by atoms with Gasteiger partial charge < -0.3 is 14.8 Å². The zero-order valence-electron chi connectivity index (χ0n) is 13.3. The summed E-state index contributed by atoms with van der Waals surface area (Å²) in [6, 6.07) is 3.06. The normalized spacial score (nSPS) is 16.3. The number of carbonyl (C=O) groups is 1. The van der Waals surface area contributed by atoms with Crippen LogP contribution in [0, 0.1) is 23.7 Å². The first-order valence-electron chi connectivity index (χ1n) is 6.86. The van der Waals surface area contributed by atoms with Gasteiger partial charge in [-0.1, -0.05) is 20.8 Å². The molecule has 0 aromatic carbocycles. The lowest BCUT2D eigenvalue weighted by molar-refractivity contribution is -0.273. The molecule has 1 aromatic heterocycles. The van der Waals surface area contributed by atoms with E-state index in [-0.39, 0.29) is 5.76 Å². The first-order chi connectivity index (χ1) is 10.3. The molecule has 0 aliphatic carbocycles. The second kappa shape index (κ2) is 6.24. The van der Waals surface area contributed by atoms with E-state index in [1.165, 1.54) is 13.0 Å². The molecule has 0 saturated carbocycles. The molecule has 5 nitrogen and oxygen atoms in total. The summed E-state index contributed by atoms with van der Waals surface area (Å²) in [5, 5.41) is 21.3. The number of halogens is 3. The summed E-state index contributed by atoms with van der Waals surface area (Å²) in [7, 11) is 0. The van der Waals surface area contributed by atoms with Gasteiger partial charge in [-0.3, -0.25) is 4.79 Å². The highest BCUT2D eigenvalue weighted by Crippen LogP contribution is 2.42. The lowest BCUT2D eigenvalue weighted by Gasteiger charge is -2.30. The van der Waals surface area contributed by atoms with Crippen LogP contribution in [-0.4, -0.2) is 23.2 Å². The van der Waals surface area contributed by atoms with Gasteiger partial charge in [0.1, 0.15) is 17.6 Å². The van der Waals surface area contributed by atoms with Crippen molar-refractivity contribution in [3.05, 3.63) is 23.7 Å². The van der Waals surface area contributed by atoms with Crippen molar-refractivity contribution >= 4 is 5.91 Å². The molecule has 0 aliphatic rings. The third-order valence-electron chi connectivity index (χ3n) is 3.33. The zero-order chi connectivity index (χ0) is 18.1. The van der Waals surface area contributed by atoms with Crippen molar-refractivity contribution in [1.82, 2.24) is 5.32 Å². The lowest BCUT2D eigenvalue weighted by Crippen LogP contribution is -2.49. The van der Waals surface area contributed by atoms with Gasteiger partial charge >= 0.3 is 6.18 Å². The van der Waals surface area contributed by atoms with Crippen LogP contribution in [0.15, 0.2) is 16.5 Å². The van der Waals surface area contributed by atoms with Crippen molar-refractivity contribution in [2.75, 3.05) is 0 Å². The number of nitrogens with one attached hydrogen (secondary N) is 1. The van der Waals surface area contributed by atoms with Crippen LogP contribution in [0.2, 0.25) is 0 Å². The van der Waals surface area contributed by atoms with Gasteiger partial charge in [-0.2, -0.15) is 18.4 Å². The standard InChI is InChI=1S/C15H19F3N2O3/c1-9-5-6-11(23-9)14(22,15(16,17)18)7-12(21)20-10(8-19)13(2,3)4/h5-6,10,22H,7H2,1-4H3,(H,20,21). The van der Waals surface area contributed by atoms with E-state index in [1.807, 2.05) is 6.07 Å². The number of hydrogen-bond donors (Lipinski definition) is 2. The van der Waals surface area contributed by atoms with E-state index in [4.69, 9.17) is 9.68 Å². The number of furan rings is 1. The monoisotopic (exact) mass is 332 g/mol. The number of alkyl halides is 3. The minimum absolute atomic E-state index is 0.174. The summed E-state index contributed by atoms with van der Waals surface area (Å²) < 4.78 is 44.6. The molecule has 1 heterocycles. The molecule has 0 bridgehead atoms. The van der Waals surface area contributed by atoms with E-state index in [2.05, 4.69) is 5.32 Å². The Bertz CT molecular complexity index is 611. The molecule has 23 heavy (non-hydrogen) atoms. The van der Waals surface area contributed by atoms with Crippen LogP contribution in [0.25, 0.3) is 0 Å². The number of hydrogen-bond acceptors (Lipinski definition) is 4. The molecule has 8 heteroatoms. The van der Waals surface area contributed by atoms with Crippen molar-refractivity contribution in [3.8, 4) is 6.07 Å². The number of amides is 1. The minimum Gasteiger partial charge on any atom is -0.463 e. The highest BCUT2D eigenvalue weighted by molar-refractivity contribution is 5.78.